The SMILES string of the molecule is COc1cc(O[Si]CCCS)c(C(C)(C)C)c(OC)c1C(C)(C)C. The maximum atomic E-state index is 6.15. The summed E-state index contributed by atoms with van der Waals surface area (Å²) in [6.45, 7) is 13.1. The van der Waals surface area contributed by atoms with Crippen molar-refractivity contribution in [2.24, 2.45) is 0 Å². The van der Waals surface area contributed by atoms with Crippen LogP contribution >= 0.6 is 12.6 Å². The van der Waals surface area contributed by atoms with Gasteiger partial charge in [0.2, 0.25) is 0 Å². The number of hydrogen-bond acceptors (Lipinski definition) is 4. The van der Waals surface area contributed by atoms with E-state index in [9.17, 15) is 0 Å². The van der Waals surface area contributed by atoms with Crippen LogP contribution in [0.2, 0.25) is 6.04 Å². The molecule has 0 atom stereocenters. The first-order chi connectivity index (χ1) is 11.1. The van der Waals surface area contributed by atoms with E-state index in [0.717, 1.165) is 46.6 Å². The Morgan fingerprint density at radius 3 is 1.88 bits per heavy atom. The molecule has 0 aliphatic carbocycles. The summed E-state index contributed by atoms with van der Waals surface area (Å²) in [5.74, 6) is 3.45. The lowest BCUT2D eigenvalue weighted by atomic mass is 9.78. The zero-order valence-corrected chi connectivity index (χ0v) is 18.3. The van der Waals surface area contributed by atoms with Crippen LogP contribution in [0.15, 0.2) is 6.07 Å². The van der Waals surface area contributed by atoms with Crippen molar-refractivity contribution in [2.75, 3.05) is 20.0 Å². The molecule has 136 valence electrons. The van der Waals surface area contributed by atoms with E-state index in [-0.39, 0.29) is 10.8 Å². The summed E-state index contributed by atoms with van der Waals surface area (Å²) in [5.41, 5.74) is 2.00. The molecule has 1 rings (SSSR count). The maximum absolute atomic E-state index is 6.15. The highest BCUT2D eigenvalue weighted by Crippen LogP contribution is 2.49. The molecule has 0 N–H and O–H groups in total. The van der Waals surface area contributed by atoms with Gasteiger partial charge in [0.15, 0.2) is 0 Å². The third-order valence-corrected chi connectivity index (χ3v) is 4.99. The van der Waals surface area contributed by atoms with Crippen molar-refractivity contribution in [2.45, 2.75) is 64.8 Å². The summed E-state index contributed by atoms with van der Waals surface area (Å²) >= 11 is 4.26. The second-order valence-corrected chi connectivity index (χ2v) is 9.37. The van der Waals surface area contributed by atoms with Gasteiger partial charge in [0.05, 0.1) is 14.2 Å². The van der Waals surface area contributed by atoms with E-state index in [0.29, 0.717) is 9.76 Å². The van der Waals surface area contributed by atoms with E-state index < -0.39 is 0 Å². The topological polar surface area (TPSA) is 27.7 Å². The Hall–Kier alpha value is -0.813. The molecule has 0 aromatic heterocycles. The summed E-state index contributed by atoms with van der Waals surface area (Å²) in [5, 5.41) is 0. The maximum Gasteiger partial charge on any atom is 0.310 e. The van der Waals surface area contributed by atoms with Gasteiger partial charge in [-0.25, -0.2) is 0 Å². The number of rotatable bonds is 7. The average molecular weight is 369 g/mol. The largest absolute Gasteiger partial charge is 0.540 e. The van der Waals surface area contributed by atoms with Crippen molar-refractivity contribution in [1.82, 2.24) is 0 Å². The van der Waals surface area contributed by atoms with Crippen LogP contribution in [0.5, 0.6) is 17.2 Å². The monoisotopic (exact) mass is 368 g/mol. The average Bonchev–Trinajstić information content (AvgIpc) is 2.47. The second-order valence-electron chi connectivity index (χ2n) is 7.93. The molecular formula is C19H32O3SSi. The Balaban J connectivity index is 3.53. The fourth-order valence-electron chi connectivity index (χ4n) is 2.76. The molecule has 0 aliphatic heterocycles. The lowest BCUT2D eigenvalue weighted by Crippen LogP contribution is -2.21. The smallest absolute Gasteiger partial charge is 0.310 e. The van der Waals surface area contributed by atoms with Crippen molar-refractivity contribution >= 4 is 22.4 Å². The highest BCUT2D eigenvalue weighted by atomic mass is 32.1. The molecular weight excluding hydrogens is 336 g/mol. The van der Waals surface area contributed by atoms with Gasteiger partial charge in [0.25, 0.3) is 0 Å². The third-order valence-electron chi connectivity index (χ3n) is 3.75. The Morgan fingerprint density at radius 2 is 1.46 bits per heavy atom. The molecule has 0 spiro atoms. The Kier molecular flexibility index (Phi) is 7.54. The van der Waals surface area contributed by atoms with Crippen LogP contribution in [-0.2, 0) is 10.8 Å². The molecule has 0 saturated carbocycles. The standard InChI is InChI=1S/C19H32O3SSi/c1-18(2,3)15-13(20-7)12-14(22-24-11-9-10-23)16(17(15)21-8)19(4,5)6/h12,23H,9-11H2,1-8H3. The van der Waals surface area contributed by atoms with E-state index in [1.165, 1.54) is 0 Å². The van der Waals surface area contributed by atoms with Crippen LogP contribution in [0.4, 0.5) is 0 Å². The predicted molar refractivity (Wildman–Crippen MR) is 107 cm³/mol. The molecule has 3 nitrogen and oxygen atoms in total. The Labute approximate surface area is 155 Å². The van der Waals surface area contributed by atoms with Crippen LogP contribution in [-0.4, -0.2) is 29.7 Å². The lowest BCUT2D eigenvalue weighted by Gasteiger charge is -2.32. The van der Waals surface area contributed by atoms with Crippen LogP contribution in [0.25, 0.3) is 0 Å². The predicted octanol–water partition coefficient (Wildman–Crippen LogP) is 5.04. The minimum Gasteiger partial charge on any atom is -0.540 e. The molecule has 1 aromatic carbocycles. The zero-order chi connectivity index (χ0) is 18.5. The molecule has 0 heterocycles. The lowest BCUT2D eigenvalue weighted by molar-refractivity contribution is 0.352. The van der Waals surface area contributed by atoms with Crippen LogP contribution in [0, 0.1) is 0 Å². The molecule has 1 aromatic rings. The number of benzene rings is 1. The van der Waals surface area contributed by atoms with Crippen molar-refractivity contribution in [3.8, 4) is 17.2 Å². The molecule has 0 amide bonds. The quantitative estimate of drug-likeness (QED) is 0.415. The summed E-state index contributed by atoms with van der Waals surface area (Å²) in [6, 6.07) is 3.04. The van der Waals surface area contributed by atoms with Gasteiger partial charge in [-0.05, 0) is 29.0 Å². The van der Waals surface area contributed by atoms with Gasteiger partial charge in [-0.2, -0.15) is 12.6 Å². The fraction of sp³-hybridized carbons (Fsp3) is 0.684. The number of methoxy groups -OCH3 is 2. The highest BCUT2D eigenvalue weighted by molar-refractivity contribution is 7.80. The summed E-state index contributed by atoms with van der Waals surface area (Å²) in [7, 11) is 3.84. The van der Waals surface area contributed by atoms with Gasteiger partial charge in [-0.15, -0.1) is 0 Å². The van der Waals surface area contributed by atoms with Gasteiger partial charge in [0.1, 0.15) is 17.2 Å². The molecule has 0 aliphatic rings. The van der Waals surface area contributed by atoms with E-state index in [4.69, 9.17) is 13.9 Å². The number of ether oxygens (including phenoxy) is 2. The van der Waals surface area contributed by atoms with E-state index in [1.54, 1.807) is 14.2 Å². The minimum atomic E-state index is -0.0963. The van der Waals surface area contributed by atoms with Gasteiger partial charge in [-0.1, -0.05) is 41.5 Å². The normalized spacial score (nSPS) is 12.2. The van der Waals surface area contributed by atoms with Crippen LogP contribution in [0.3, 0.4) is 0 Å². The molecule has 0 bridgehead atoms. The van der Waals surface area contributed by atoms with Crippen LogP contribution in [0.1, 0.15) is 59.1 Å². The Bertz CT molecular complexity index is 545. The van der Waals surface area contributed by atoms with E-state index in [2.05, 4.69) is 54.2 Å². The zero-order valence-electron chi connectivity index (χ0n) is 16.4. The first-order valence-corrected chi connectivity index (χ1v) is 10.1. The van der Waals surface area contributed by atoms with Crippen molar-refractivity contribution in [3.05, 3.63) is 17.2 Å². The van der Waals surface area contributed by atoms with Crippen LogP contribution < -0.4 is 13.9 Å². The number of thiol groups is 1. The second kappa shape index (κ2) is 8.52. The molecule has 0 unspecified atom stereocenters. The minimum absolute atomic E-state index is 0.0937. The van der Waals surface area contributed by atoms with E-state index in [1.807, 2.05) is 6.07 Å². The van der Waals surface area contributed by atoms with Gasteiger partial charge in [0, 0.05) is 17.2 Å². The van der Waals surface area contributed by atoms with Gasteiger partial charge >= 0.3 is 9.76 Å². The molecule has 2 radical (unpaired) electrons. The number of hydrogen-bond donors (Lipinski definition) is 1. The van der Waals surface area contributed by atoms with Crippen molar-refractivity contribution in [1.29, 1.82) is 0 Å². The molecule has 0 fully saturated rings. The summed E-state index contributed by atoms with van der Waals surface area (Å²) < 4.78 is 17.7. The molecule has 0 saturated heterocycles. The van der Waals surface area contributed by atoms with Gasteiger partial charge in [-0.3, -0.25) is 0 Å². The molecule has 5 heteroatoms. The van der Waals surface area contributed by atoms with Crippen molar-refractivity contribution in [3.63, 3.8) is 0 Å². The van der Waals surface area contributed by atoms with Crippen molar-refractivity contribution < 1.29 is 13.9 Å². The molecule has 24 heavy (non-hydrogen) atoms. The summed E-state index contributed by atoms with van der Waals surface area (Å²) in [4.78, 5) is 0. The summed E-state index contributed by atoms with van der Waals surface area (Å²) in [6.07, 6.45) is 1.06. The fourth-order valence-corrected chi connectivity index (χ4v) is 3.95. The third kappa shape index (κ3) is 5.09. The van der Waals surface area contributed by atoms with Gasteiger partial charge < -0.3 is 13.9 Å². The Morgan fingerprint density at radius 1 is 0.917 bits per heavy atom. The first kappa shape index (κ1) is 21.2. The first-order valence-electron chi connectivity index (χ1n) is 8.38. The van der Waals surface area contributed by atoms with E-state index >= 15 is 0 Å². The highest BCUT2D eigenvalue weighted by Gasteiger charge is 2.33.